The molecule has 0 radical (unpaired) electrons. The Labute approximate surface area is 120 Å². The minimum Gasteiger partial charge on any atom is -0.396 e. The van der Waals surface area contributed by atoms with E-state index in [0.29, 0.717) is 22.6 Å². The van der Waals surface area contributed by atoms with E-state index in [-0.39, 0.29) is 17.9 Å². The maximum atomic E-state index is 12.2. The van der Waals surface area contributed by atoms with Gasteiger partial charge in [0.05, 0.1) is 16.5 Å². The molecule has 2 atom stereocenters. The molecule has 1 aliphatic rings. The second-order valence-electron chi connectivity index (χ2n) is 5.16. The molecule has 0 spiro atoms. The van der Waals surface area contributed by atoms with Crippen LogP contribution in [0.5, 0.6) is 0 Å². The molecule has 3 rings (SSSR count). The van der Waals surface area contributed by atoms with Crippen molar-refractivity contribution in [1.82, 2.24) is 10.3 Å². The van der Waals surface area contributed by atoms with Crippen molar-refractivity contribution in [3.05, 3.63) is 23.2 Å². The lowest BCUT2D eigenvalue weighted by Crippen LogP contribution is -2.32. The molecule has 0 aliphatic heterocycles. The lowest BCUT2D eigenvalue weighted by molar-refractivity contribution is 0.0921. The predicted octanol–water partition coefficient (Wildman–Crippen LogP) is 1.77. The summed E-state index contributed by atoms with van der Waals surface area (Å²) in [6, 6.07) is 3.73. The number of carbonyl (C=O) groups excluding carboxylic acids is 1. The van der Waals surface area contributed by atoms with E-state index in [1.165, 1.54) is 11.3 Å². The molecule has 0 aromatic carbocycles. The summed E-state index contributed by atoms with van der Waals surface area (Å²) in [5, 5.41) is 12.6. The minimum absolute atomic E-state index is 0.160. The van der Waals surface area contributed by atoms with Gasteiger partial charge in [-0.3, -0.25) is 9.78 Å². The van der Waals surface area contributed by atoms with E-state index < -0.39 is 0 Å². The first kappa shape index (κ1) is 13.3. The number of aliphatic hydroxyl groups is 1. The van der Waals surface area contributed by atoms with E-state index in [9.17, 15) is 9.90 Å². The van der Waals surface area contributed by atoms with E-state index in [1.807, 2.05) is 12.1 Å². The van der Waals surface area contributed by atoms with Crippen LogP contribution in [0.2, 0.25) is 0 Å². The first-order chi connectivity index (χ1) is 9.66. The number of thiophene rings is 1. The highest BCUT2D eigenvalue weighted by Crippen LogP contribution is 2.32. The number of rotatable bonds is 3. The maximum Gasteiger partial charge on any atom is 0.263 e. The molecule has 6 heteroatoms. The summed E-state index contributed by atoms with van der Waals surface area (Å²) in [5.74, 6) is -0.0164. The van der Waals surface area contributed by atoms with Crippen molar-refractivity contribution in [3.63, 3.8) is 0 Å². The Morgan fingerprint density at radius 2 is 2.40 bits per heavy atom. The van der Waals surface area contributed by atoms with Crippen molar-refractivity contribution < 1.29 is 9.90 Å². The van der Waals surface area contributed by atoms with Crippen LogP contribution in [-0.4, -0.2) is 28.6 Å². The Hall–Kier alpha value is -1.66. The van der Waals surface area contributed by atoms with Crippen LogP contribution in [-0.2, 0) is 0 Å². The number of pyridine rings is 1. The molecule has 1 aliphatic carbocycles. The van der Waals surface area contributed by atoms with Crippen LogP contribution < -0.4 is 11.1 Å². The number of nitrogens with two attached hydrogens (primary N) is 1. The second-order valence-corrected chi connectivity index (χ2v) is 6.22. The Morgan fingerprint density at radius 1 is 1.55 bits per heavy atom. The van der Waals surface area contributed by atoms with Gasteiger partial charge in [0.1, 0.15) is 10.4 Å². The van der Waals surface area contributed by atoms with Crippen molar-refractivity contribution in [1.29, 1.82) is 0 Å². The molecular formula is C14H17N3O2S. The fourth-order valence-electron chi connectivity index (χ4n) is 2.68. The molecule has 0 saturated heterocycles. The van der Waals surface area contributed by atoms with Crippen molar-refractivity contribution in [2.24, 2.45) is 5.92 Å². The maximum absolute atomic E-state index is 12.2. The third-order valence-electron chi connectivity index (χ3n) is 3.83. The van der Waals surface area contributed by atoms with Crippen LogP contribution in [0.3, 0.4) is 0 Å². The number of anilines is 1. The van der Waals surface area contributed by atoms with Gasteiger partial charge in [-0.15, -0.1) is 11.3 Å². The van der Waals surface area contributed by atoms with Crippen LogP contribution in [0.25, 0.3) is 10.2 Å². The molecule has 5 nitrogen and oxygen atoms in total. The third-order valence-corrected chi connectivity index (χ3v) is 4.99. The topological polar surface area (TPSA) is 88.2 Å². The van der Waals surface area contributed by atoms with Crippen molar-refractivity contribution in [3.8, 4) is 0 Å². The lowest BCUT2D eigenvalue weighted by atomic mass is 10.1. The molecule has 2 heterocycles. The molecule has 1 fully saturated rings. The highest BCUT2D eigenvalue weighted by molar-refractivity contribution is 7.21. The molecule has 2 aromatic heterocycles. The van der Waals surface area contributed by atoms with Gasteiger partial charge in [0.2, 0.25) is 0 Å². The van der Waals surface area contributed by atoms with Crippen LogP contribution in [0.15, 0.2) is 18.3 Å². The fourth-order valence-corrected chi connectivity index (χ4v) is 3.67. The Morgan fingerprint density at radius 3 is 3.10 bits per heavy atom. The van der Waals surface area contributed by atoms with Gasteiger partial charge in [0.25, 0.3) is 5.91 Å². The number of carbonyl (C=O) groups is 1. The number of aromatic nitrogens is 1. The average Bonchev–Trinajstić information content (AvgIpc) is 3.01. The van der Waals surface area contributed by atoms with Crippen molar-refractivity contribution >= 4 is 33.1 Å². The molecule has 2 unspecified atom stereocenters. The van der Waals surface area contributed by atoms with E-state index in [1.54, 1.807) is 6.20 Å². The Balaban J connectivity index is 1.74. The SMILES string of the molecule is Nc1c(C(=O)NCC2CCCC2O)sc2cccnc12. The van der Waals surface area contributed by atoms with E-state index >= 15 is 0 Å². The van der Waals surface area contributed by atoms with E-state index in [4.69, 9.17) is 5.73 Å². The normalized spacial score (nSPS) is 22.2. The first-order valence-electron chi connectivity index (χ1n) is 6.76. The first-order valence-corrected chi connectivity index (χ1v) is 7.57. The number of fused-ring (bicyclic) bond motifs is 1. The molecule has 1 saturated carbocycles. The number of nitrogen functional groups attached to an aromatic ring is 1. The summed E-state index contributed by atoms with van der Waals surface area (Å²) in [6.45, 7) is 0.501. The van der Waals surface area contributed by atoms with Gasteiger partial charge in [-0.05, 0) is 25.0 Å². The quantitative estimate of drug-likeness (QED) is 0.804. The molecule has 106 valence electrons. The molecule has 0 bridgehead atoms. The zero-order chi connectivity index (χ0) is 14.1. The van der Waals surface area contributed by atoms with E-state index in [0.717, 1.165) is 24.0 Å². The molecule has 2 aromatic rings. The van der Waals surface area contributed by atoms with Crippen LogP contribution in [0.4, 0.5) is 5.69 Å². The van der Waals surface area contributed by atoms with Crippen LogP contribution >= 0.6 is 11.3 Å². The number of hydrogen-bond acceptors (Lipinski definition) is 5. The zero-order valence-corrected chi connectivity index (χ0v) is 11.8. The number of nitrogens with one attached hydrogen (secondary N) is 1. The monoisotopic (exact) mass is 291 g/mol. The average molecular weight is 291 g/mol. The van der Waals surface area contributed by atoms with Crippen molar-refractivity contribution in [2.75, 3.05) is 12.3 Å². The molecule has 20 heavy (non-hydrogen) atoms. The lowest BCUT2D eigenvalue weighted by Gasteiger charge is -2.14. The van der Waals surface area contributed by atoms with Gasteiger partial charge in [-0.25, -0.2) is 0 Å². The number of amides is 1. The Bertz CT molecular complexity index is 640. The number of aliphatic hydroxyl groups excluding tert-OH is 1. The molecular weight excluding hydrogens is 274 g/mol. The minimum atomic E-state index is -0.295. The van der Waals surface area contributed by atoms with E-state index in [2.05, 4.69) is 10.3 Å². The predicted molar refractivity (Wildman–Crippen MR) is 79.7 cm³/mol. The summed E-state index contributed by atoms with van der Waals surface area (Å²) in [4.78, 5) is 16.9. The smallest absolute Gasteiger partial charge is 0.263 e. The summed E-state index contributed by atoms with van der Waals surface area (Å²) < 4.78 is 0.913. The fraction of sp³-hybridized carbons (Fsp3) is 0.429. The highest BCUT2D eigenvalue weighted by atomic mass is 32.1. The van der Waals surface area contributed by atoms with Gasteiger partial charge < -0.3 is 16.2 Å². The summed E-state index contributed by atoms with van der Waals surface area (Å²) >= 11 is 1.35. The summed E-state index contributed by atoms with van der Waals surface area (Å²) in [6.07, 6.45) is 4.19. The Kier molecular flexibility index (Phi) is 3.58. The number of nitrogens with zero attached hydrogens (tertiary/aromatic N) is 1. The largest absolute Gasteiger partial charge is 0.396 e. The van der Waals surface area contributed by atoms with Gasteiger partial charge in [0, 0.05) is 18.7 Å². The van der Waals surface area contributed by atoms with Crippen LogP contribution in [0.1, 0.15) is 28.9 Å². The van der Waals surface area contributed by atoms with Gasteiger partial charge >= 0.3 is 0 Å². The zero-order valence-electron chi connectivity index (χ0n) is 11.0. The summed E-state index contributed by atoms with van der Waals surface area (Å²) in [5.41, 5.74) is 7.11. The second kappa shape index (κ2) is 5.38. The molecule has 1 amide bonds. The number of hydrogen-bond donors (Lipinski definition) is 3. The summed E-state index contributed by atoms with van der Waals surface area (Å²) in [7, 11) is 0. The van der Waals surface area contributed by atoms with Gasteiger partial charge in [0.15, 0.2) is 0 Å². The standard InChI is InChI=1S/C14H17N3O2S/c15-11-12-10(5-2-6-16-12)20-13(11)14(19)17-7-8-3-1-4-9(8)18/h2,5-6,8-9,18H,1,3-4,7,15H2,(H,17,19). The van der Waals surface area contributed by atoms with Crippen molar-refractivity contribution in [2.45, 2.75) is 25.4 Å². The third kappa shape index (κ3) is 2.36. The highest BCUT2D eigenvalue weighted by Gasteiger charge is 2.26. The van der Waals surface area contributed by atoms with Gasteiger partial charge in [-0.2, -0.15) is 0 Å². The molecule has 4 N–H and O–H groups in total. The van der Waals surface area contributed by atoms with Gasteiger partial charge in [-0.1, -0.05) is 6.42 Å². The van der Waals surface area contributed by atoms with Crippen LogP contribution in [0, 0.1) is 5.92 Å².